The van der Waals surface area contributed by atoms with Crippen molar-refractivity contribution in [2.24, 2.45) is 5.73 Å². The summed E-state index contributed by atoms with van der Waals surface area (Å²) < 4.78 is 65.1. The first-order chi connectivity index (χ1) is 15.5. The van der Waals surface area contributed by atoms with E-state index >= 15 is 0 Å². The molecular weight excluding hydrogens is 497 g/mol. The van der Waals surface area contributed by atoms with Crippen molar-refractivity contribution in [3.8, 4) is 0 Å². The second-order valence-corrected chi connectivity index (χ2v) is 10.5. The van der Waals surface area contributed by atoms with Crippen molar-refractivity contribution in [2.45, 2.75) is 26.7 Å². The Morgan fingerprint density at radius 1 is 0.909 bits per heavy atom. The Kier molecular flexibility index (Phi) is 7.73. The van der Waals surface area contributed by atoms with Gasteiger partial charge in [-0.25, -0.2) is 8.42 Å². The van der Waals surface area contributed by atoms with Crippen LogP contribution in [-0.4, -0.2) is 19.8 Å². The molecule has 3 rings (SSSR count). The number of thioether (sulfide) groups is 1. The van der Waals surface area contributed by atoms with Crippen LogP contribution in [0.25, 0.3) is 0 Å². The summed E-state index contributed by atoms with van der Waals surface area (Å²) in [7, 11) is -4.16. The number of amides is 1. The summed E-state index contributed by atoms with van der Waals surface area (Å²) in [6, 6.07) is 17.4. The van der Waals surface area contributed by atoms with Gasteiger partial charge in [0.05, 0.1) is 4.90 Å². The van der Waals surface area contributed by atoms with E-state index in [2.05, 4.69) is 5.32 Å². The van der Waals surface area contributed by atoms with Crippen LogP contribution in [0.3, 0.4) is 0 Å². The van der Waals surface area contributed by atoms with Crippen molar-refractivity contribution in [3.63, 3.8) is 0 Å². The van der Waals surface area contributed by atoms with E-state index < -0.39 is 32.7 Å². The molecule has 33 heavy (non-hydrogen) atoms. The molecule has 1 unspecified atom stereocenters. The smallest absolute Gasteiger partial charge is 0.368 e. The van der Waals surface area contributed by atoms with E-state index in [1.54, 1.807) is 30.3 Å². The summed E-state index contributed by atoms with van der Waals surface area (Å²) in [5.41, 5.74) is 1.63. The van der Waals surface area contributed by atoms with Crippen molar-refractivity contribution in [3.05, 3.63) is 95.0 Å². The highest BCUT2D eigenvalue weighted by Gasteiger charge is 2.34. The predicted octanol–water partition coefficient (Wildman–Crippen LogP) is 5.24. The maximum absolute atomic E-state index is 13.5. The molecule has 11 heteroatoms. The summed E-state index contributed by atoms with van der Waals surface area (Å²) in [5, 5.41) is 1.62. The van der Waals surface area contributed by atoms with Gasteiger partial charge >= 0.3 is 5.51 Å². The van der Waals surface area contributed by atoms with Crippen LogP contribution in [0.5, 0.6) is 0 Å². The molecule has 1 amide bonds. The van der Waals surface area contributed by atoms with Crippen molar-refractivity contribution >= 4 is 39.1 Å². The van der Waals surface area contributed by atoms with Crippen LogP contribution in [-0.2, 0) is 14.6 Å². The van der Waals surface area contributed by atoms with Crippen LogP contribution in [0, 0.1) is 0 Å². The second kappa shape index (κ2) is 10.2. The Labute approximate surface area is 198 Å². The summed E-state index contributed by atoms with van der Waals surface area (Å²) >= 11 is 5.55. The molecule has 0 radical (unpaired) electrons. The fraction of sp³-hybridized carbons (Fsp3) is 0.136. The van der Waals surface area contributed by atoms with E-state index in [4.69, 9.17) is 17.3 Å². The summed E-state index contributed by atoms with van der Waals surface area (Å²) in [5.74, 6) is -0.818. The Balaban J connectivity index is 2.06. The van der Waals surface area contributed by atoms with Crippen LogP contribution in [0.2, 0.25) is 5.02 Å². The summed E-state index contributed by atoms with van der Waals surface area (Å²) in [4.78, 5) is 12.0. The minimum absolute atomic E-state index is 0.0885. The molecule has 0 heterocycles. The fourth-order valence-electron chi connectivity index (χ4n) is 3.11. The lowest BCUT2D eigenvalue weighted by Gasteiger charge is -2.25. The highest BCUT2D eigenvalue weighted by Crippen LogP contribution is 2.38. The molecule has 5 nitrogen and oxygen atoms in total. The molecule has 3 aromatic rings. The minimum Gasteiger partial charge on any atom is -0.368 e. The molecule has 0 aliphatic carbocycles. The average molecular weight is 515 g/mol. The van der Waals surface area contributed by atoms with Crippen molar-refractivity contribution in [1.29, 1.82) is 0 Å². The van der Waals surface area contributed by atoms with Gasteiger partial charge in [0.1, 0.15) is 11.4 Å². The Morgan fingerprint density at radius 3 is 2.00 bits per heavy atom. The lowest BCUT2D eigenvalue weighted by molar-refractivity contribution is -0.120. The topological polar surface area (TPSA) is 89.3 Å². The molecule has 0 aromatic heterocycles. The van der Waals surface area contributed by atoms with Crippen LogP contribution in [0.15, 0.2) is 88.7 Å². The number of rotatable bonds is 8. The number of hydrogen-bond donors (Lipinski definition) is 2. The molecule has 0 saturated carbocycles. The van der Waals surface area contributed by atoms with E-state index in [1.165, 1.54) is 48.5 Å². The van der Waals surface area contributed by atoms with Gasteiger partial charge in [0, 0.05) is 9.92 Å². The van der Waals surface area contributed by atoms with Crippen molar-refractivity contribution < 1.29 is 26.4 Å². The van der Waals surface area contributed by atoms with Gasteiger partial charge in [0.2, 0.25) is 5.91 Å². The molecule has 2 atom stereocenters. The third kappa shape index (κ3) is 6.50. The van der Waals surface area contributed by atoms with Crippen LogP contribution >= 0.6 is 23.4 Å². The standard InChI is InChI=1S/C22H18ClF3N2O3S2/c23-16-8-12-18(13-9-16)33(30,31)21(15-6-10-17(11-7-15)32-22(24,25)26)28-19(20(27)29)14-4-2-1-3-5-14/h1-13,19,21,28H,(H2,27,29)/t19?,21-/m1/s1. The third-order valence-corrected chi connectivity index (χ3v) is 7.55. The summed E-state index contributed by atoms with van der Waals surface area (Å²) in [6.45, 7) is 0. The predicted molar refractivity (Wildman–Crippen MR) is 121 cm³/mol. The maximum Gasteiger partial charge on any atom is 0.446 e. The van der Waals surface area contributed by atoms with Crippen molar-refractivity contribution in [1.82, 2.24) is 5.32 Å². The number of hydrogen-bond acceptors (Lipinski definition) is 5. The Morgan fingerprint density at radius 2 is 1.48 bits per heavy atom. The zero-order valence-electron chi connectivity index (χ0n) is 16.8. The second-order valence-electron chi connectivity index (χ2n) is 6.91. The van der Waals surface area contributed by atoms with Gasteiger partial charge in [-0.05, 0) is 59.3 Å². The van der Waals surface area contributed by atoms with Crippen LogP contribution < -0.4 is 11.1 Å². The minimum atomic E-state index is -4.49. The molecule has 0 aliphatic heterocycles. The normalized spacial score (nSPS) is 13.9. The first kappa shape index (κ1) is 25.1. The number of nitrogens with two attached hydrogens (primary N) is 1. The number of benzene rings is 3. The molecule has 0 saturated heterocycles. The molecule has 0 fully saturated rings. The highest BCUT2D eigenvalue weighted by molar-refractivity contribution is 8.00. The van der Waals surface area contributed by atoms with E-state index in [1.807, 2.05) is 0 Å². The zero-order valence-corrected chi connectivity index (χ0v) is 19.2. The maximum atomic E-state index is 13.5. The number of primary amides is 1. The molecular formula is C22H18ClF3N2O3S2. The lowest BCUT2D eigenvalue weighted by Crippen LogP contribution is -2.39. The number of nitrogens with one attached hydrogen (secondary N) is 1. The number of halogens is 4. The molecule has 3 N–H and O–H groups in total. The van der Waals surface area contributed by atoms with Gasteiger partial charge in [-0.15, -0.1) is 0 Å². The quantitative estimate of drug-likeness (QED) is 0.401. The lowest BCUT2D eigenvalue weighted by atomic mass is 10.1. The van der Waals surface area contributed by atoms with E-state index in [0.717, 1.165) is 0 Å². The van der Waals surface area contributed by atoms with Gasteiger partial charge in [-0.1, -0.05) is 54.1 Å². The highest BCUT2D eigenvalue weighted by atomic mass is 35.5. The molecule has 174 valence electrons. The number of alkyl halides is 3. The largest absolute Gasteiger partial charge is 0.446 e. The van der Waals surface area contributed by atoms with E-state index in [9.17, 15) is 26.4 Å². The summed E-state index contributed by atoms with van der Waals surface area (Å²) in [6.07, 6.45) is 0. The number of carbonyl (C=O) groups is 1. The zero-order chi connectivity index (χ0) is 24.2. The van der Waals surface area contributed by atoms with Gasteiger partial charge in [-0.2, -0.15) is 13.2 Å². The van der Waals surface area contributed by atoms with Crippen LogP contribution in [0.4, 0.5) is 13.2 Å². The van der Waals surface area contributed by atoms with E-state index in [0.29, 0.717) is 10.6 Å². The van der Waals surface area contributed by atoms with Gasteiger partial charge in [-0.3, -0.25) is 10.1 Å². The molecule has 3 aromatic carbocycles. The molecule has 0 spiro atoms. The van der Waals surface area contributed by atoms with Gasteiger partial charge < -0.3 is 5.73 Å². The van der Waals surface area contributed by atoms with Crippen LogP contribution in [0.1, 0.15) is 22.5 Å². The fourth-order valence-corrected chi connectivity index (χ4v) is 5.39. The number of sulfone groups is 1. The monoisotopic (exact) mass is 514 g/mol. The molecule has 0 bridgehead atoms. The van der Waals surface area contributed by atoms with E-state index in [-0.39, 0.29) is 27.1 Å². The van der Waals surface area contributed by atoms with Gasteiger partial charge in [0.15, 0.2) is 9.84 Å². The van der Waals surface area contributed by atoms with Crippen molar-refractivity contribution in [2.75, 3.05) is 0 Å². The first-order valence-corrected chi connectivity index (χ1v) is 12.2. The Bertz CT molecular complexity index is 1200. The first-order valence-electron chi connectivity index (χ1n) is 9.43. The third-order valence-electron chi connectivity index (χ3n) is 4.60. The Hall–Kier alpha value is -2.53. The molecule has 0 aliphatic rings. The average Bonchev–Trinajstić information content (AvgIpc) is 2.74. The van der Waals surface area contributed by atoms with Gasteiger partial charge in [0.25, 0.3) is 0 Å². The SMILES string of the molecule is NC(=O)C(N[C@@H](c1ccc(SC(F)(F)F)cc1)S(=O)(=O)c1ccc(Cl)cc1)c1ccccc1. The number of carbonyl (C=O) groups excluding carboxylic acids is 1.